The first-order valence-electron chi connectivity index (χ1n) is 7.13. The highest BCUT2D eigenvalue weighted by Crippen LogP contribution is 2.29. The number of halogens is 1. The SMILES string of the molecule is CC1=CC(C)CC(CNc2cc(C)c(Br)c(C)c2)C1. The molecule has 1 nitrogen and oxygen atoms in total. The summed E-state index contributed by atoms with van der Waals surface area (Å²) in [6.07, 6.45) is 4.97. The third-order valence-corrected chi connectivity index (χ3v) is 5.17. The fraction of sp³-hybridized carbons (Fsp3) is 0.529. The average Bonchev–Trinajstić information content (AvgIpc) is 2.32. The van der Waals surface area contributed by atoms with E-state index >= 15 is 0 Å². The molecule has 0 spiro atoms. The van der Waals surface area contributed by atoms with Crippen LogP contribution >= 0.6 is 15.9 Å². The second kappa shape index (κ2) is 6.13. The summed E-state index contributed by atoms with van der Waals surface area (Å²) in [5.41, 5.74) is 5.40. The minimum absolute atomic E-state index is 0.731. The maximum absolute atomic E-state index is 3.62. The van der Waals surface area contributed by atoms with Gasteiger partial charge in [0.25, 0.3) is 0 Å². The molecule has 2 heteroatoms. The van der Waals surface area contributed by atoms with Crippen LogP contribution in [0.4, 0.5) is 5.69 Å². The van der Waals surface area contributed by atoms with E-state index in [1.165, 1.54) is 34.1 Å². The Morgan fingerprint density at radius 3 is 2.42 bits per heavy atom. The zero-order valence-electron chi connectivity index (χ0n) is 12.4. The lowest BCUT2D eigenvalue weighted by Crippen LogP contribution is -2.20. The van der Waals surface area contributed by atoms with Gasteiger partial charge in [-0.05, 0) is 68.7 Å². The molecule has 2 atom stereocenters. The fourth-order valence-electron chi connectivity index (χ4n) is 3.15. The Bertz CT molecular complexity index is 467. The second-order valence-corrected chi connectivity index (χ2v) is 6.89. The van der Waals surface area contributed by atoms with Crippen molar-refractivity contribution in [3.05, 3.63) is 39.4 Å². The first-order chi connectivity index (χ1) is 8.95. The number of benzene rings is 1. The van der Waals surface area contributed by atoms with Crippen molar-refractivity contribution in [1.82, 2.24) is 0 Å². The van der Waals surface area contributed by atoms with Gasteiger partial charge < -0.3 is 5.32 Å². The van der Waals surface area contributed by atoms with Gasteiger partial charge in [-0.1, -0.05) is 34.5 Å². The minimum Gasteiger partial charge on any atom is -0.385 e. The molecular weight excluding hydrogens is 298 g/mol. The molecule has 104 valence electrons. The van der Waals surface area contributed by atoms with Crippen molar-refractivity contribution in [1.29, 1.82) is 0 Å². The highest BCUT2D eigenvalue weighted by molar-refractivity contribution is 9.10. The zero-order chi connectivity index (χ0) is 14.0. The van der Waals surface area contributed by atoms with Gasteiger partial charge in [0.1, 0.15) is 0 Å². The van der Waals surface area contributed by atoms with E-state index in [9.17, 15) is 0 Å². The van der Waals surface area contributed by atoms with Crippen molar-refractivity contribution in [2.24, 2.45) is 11.8 Å². The first-order valence-corrected chi connectivity index (χ1v) is 7.93. The van der Waals surface area contributed by atoms with E-state index in [2.05, 4.69) is 67.2 Å². The van der Waals surface area contributed by atoms with Gasteiger partial charge in [-0.2, -0.15) is 0 Å². The van der Waals surface area contributed by atoms with Crippen LogP contribution in [-0.2, 0) is 0 Å². The summed E-state index contributed by atoms with van der Waals surface area (Å²) in [6, 6.07) is 4.46. The molecule has 0 aromatic heterocycles. The molecule has 1 aliphatic rings. The Morgan fingerprint density at radius 1 is 1.21 bits per heavy atom. The van der Waals surface area contributed by atoms with Crippen LogP contribution in [0, 0.1) is 25.7 Å². The van der Waals surface area contributed by atoms with E-state index in [1.54, 1.807) is 5.57 Å². The van der Waals surface area contributed by atoms with E-state index in [4.69, 9.17) is 0 Å². The molecule has 1 aromatic carbocycles. The van der Waals surface area contributed by atoms with Crippen LogP contribution in [-0.4, -0.2) is 6.54 Å². The Morgan fingerprint density at radius 2 is 1.84 bits per heavy atom. The van der Waals surface area contributed by atoms with Crippen LogP contribution in [0.15, 0.2) is 28.3 Å². The van der Waals surface area contributed by atoms with Crippen LogP contribution in [0.5, 0.6) is 0 Å². The van der Waals surface area contributed by atoms with Crippen LogP contribution in [0.25, 0.3) is 0 Å². The first kappa shape index (κ1) is 14.6. The summed E-state index contributed by atoms with van der Waals surface area (Å²) >= 11 is 3.62. The van der Waals surface area contributed by atoms with Gasteiger partial charge in [0, 0.05) is 16.7 Å². The summed E-state index contributed by atoms with van der Waals surface area (Å²) in [4.78, 5) is 0. The summed E-state index contributed by atoms with van der Waals surface area (Å²) in [7, 11) is 0. The van der Waals surface area contributed by atoms with Crippen molar-refractivity contribution < 1.29 is 0 Å². The number of aryl methyl sites for hydroxylation is 2. The molecule has 0 saturated carbocycles. The molecule has 0 saturated heterocycles. The predicted octanol–water partition coefficient (Wildman–Crippen LogP) is 5.47. The van der Waals surface area contributed by atoms with Crippen LogP contribution < -0.4 is 5.32 Å². The molecule has 0 aliphatic heterocycles. The standard InChI is InChI=1S/C17H24BrN/c1-11-5-12(2)7-15(6-11)10-19-16-8-13(3)17(18)14(4)9-16/h5,8-9,11,15,19H,6-7,10H2,1-4H3. The van der Waals surface area contributed by atoms with Gasteiger partial charge in [0.2, 0.25) is 0 Å². The van der Waals surface area contributed by atoms with Crippen molar-refractivity contribution in [3.8, 4) is 0 Å². The molecule has 0 amide bonds. The quantitative estimate of drug-likeness (QED) is 0.728. The Balaban J connectivity index is 1.98. The molecule has 1 aliphatic carbocycles. The second-order valence-electron chi connectivity index (χ2n) is 6.10. The summed E-state index contributed by atoms with van der Waals surface area (Å²) < 4.78 is 1.23. The minimum atomic E-state index is 0.731. The lowest BCUT2D eigenvalue weighted by Gasteiger charge is -2.26. The van der Waals surface area contributed by atoms with Gasteiger partial charge in [-0.25, -0.2) is 0 Å². The van der Waals surface area contributed by atoms with E-state index in [0.29, 0.717) is 0 Å². The lowest BCUT2D eigenvalue weighted by atomic mass is 9.83. The van der Waals surface area contributed by atoms with E-state index in [1.807, 2.05) is 0 Å². The van der Waals surface area contributed by atoms with Crippen molar-refractivity contribution in [3.63, 3.8) is 0 Å². The third kappa shape index (κ3) is 3.85. The van der Waals surface area contributed by atoms with Gasteiger partial charge in [0.05, 0.1) is 0 Å². The molecular formula is C17H24BrN. The molecule has 1 N–H and O–H groups in total. The highest BCUT2D eigenvalue weighted by atomic mass is 79.9. The molecule has 0 bridgehead atoms. The summed E-state index contributed by atoms with van der Waals surface area (Å²) in [5.74, 6) is 1.50. The van der Waals surface area contributed by atoms with Crippen LogP contribution in [0.3, 0.4) is 0 Å². The van der Waals surface area contributed by atoms with Gasteiger partial charge in [-0.15, -0.1) is 0 Å². The normalized spacial score (nSPS) is 23.1. The lowest BCUT2D eigenvalue weighted by molar-refractivity contribution is 0.421. The van der Waals surface area contributed by atoms with E-state index < -0.39 is 0 Å². The predicted molar refractivity (Wildman–Crippen MR) is 87.8 cm³/mol. The van der Waals surface area contributed by atoms with Gasteiger partial charge in [0.15, 0.2) is 0 Å². The number of hydrogen-bond acceptors (Lipinski definition) is 1. The van der Waals surface area contributed by atoms with Crippen molar-refractivity contribution in [2.75, 3.05) is 11.9 Å². The number of hydrogen-bond donors (Lipinski definition) is 1. The van der Waals surface area contributed by atoms with Gasteiger partial charge >= 0.3 is 0 Å². The summed E-state index contributed by atoms with van der Waals surface area (Å²) in [6.45, 7) is 9.96. The van der Waals surface area contributed by atoms with Crippen molar-refractivity contribution >= 4 is 21.6 Å². The van der Waals surface area contributed by atoms with Crippen LogP contribution in [0.1, 0.15) is 37.8 Å². The van der Waals surface area contributed by atoms with E-state index in [-0.39, 0.29) is 0 Å². The number of rotatable bonds is 3. The highest BCUT2D eigenvalue weighted by Gasteiger charge is 2.17. The fourth-order valence-corrected chi connectivity index (χ4v) is 3.38. The molecule has 0 fully saturated rings. The van der Waals surface area contributed by atoms with E-state index in [0.717, 1.165) is 18.4 Å². The molecule has 19 heavy (non-hydrogen) atoms. The van der Waals surface area contributed by atoms with Crippen LogP contribution in [0.2, 0.25) is 0 Å². The average molecular weight is 322 g/mol. The summed E-state index contributed by atoms with van der Waals surface area (Å²) in [5, 5.41) is 3.62. The largest absolute Gasteiger partial charge is 0.385 e. The Hall–Kier alpha value is -0.760. The Labute approximate surface area is 125 Å². The number of nitrogens with one attached hydrogen (secondary N) is 1. The maximum Gasteiger partial charge on any atom is 0.0346 e. The number of anilines is 1. The third-order valence-electron chi connectivity index (χ3n) is 3.92. The molecule has 0 radical (unpaired) electrons. The van der Waals surface area contributed by atoms with Gasteiger partial charge in [-0.3, -0.25) is 0 Å². The van der Waals surface area contributed by atoms with Crippen molar-refractivity contribution in [2.45, 2.75) is 40.5 Å². The smallest absolute Gasteiger partial charge is 0.0346 e. The zero-order valence-corrected chi connectivity index (χ0v) is 14.0. The molecule has 2 rings (SSSR count). The maximum atomic E-state index is 3.62. The monoisotopic (exact) mass is 321 g/mol. The topological polar surface area (TPSA) is 12.0 Å². The molecule has 0 heterocycles. The number of allylic oxidation sites excluding steroid dienone is 2. The Kier molecular flexibility index (Phi) is 4.72. The molecule has 2 unspecified atom stereocenters. The molecule has 1 aromatic rings.